The van der Waals surface area contributed by atoms with Crippen LogP contribution in [0.25, 0.3) is 0 Å². The maximum atomic E-state index is 13.4. The predicted octanol–water partition coefficient (Wildman–Crippen LogP) is 5.31. The minimum atomic E-state index is -0.138. The molecule has 0 bridgehead atoms. The first-order valence-corrected chi connectivity index (χ1v) is 10.7. The number of hydrogen-bond acceptors (Lipinski definition) is 3. The van der Waals surface area contributed by atoms with Crippen molar-refractivity contribution in [2.24, 2.45) is 0 Å². The molecule has 158 valence electrons. The second-order valence-corrected chi connectivity index (χ2v) is 7.98. The minimum Gasteiger partial charge on any atom is -0.305 e. The first-order valence-electron chi connectivity index (χ1n) is 10.7. The molecule has 5 heteroatoms. The molecule has 0 spiro atoms. The van der Waals surface area contributed by atoms with Crippen molar-refractivity contribution in [1.82, 2.24) is 4.98 Å². The van der Waals surface area contributed by atoms with Crippen molar-refractivity contribution >= 4 is 23.2 Å². The number of carbonyl (C=O) groups excluding carboxylic acids is 2. The van der Waals surface area contributed by atoms with Crippen molar-refractivity contribution in [1.29, 1.82) is 0 Å². The summed E-state index contributed by atoms with van der Waals surface area (Å²) in [6.07, 6.45) is 2.71. The molecule has 0 saturated carbocycles. The van der Waals surface area contributed by atoms with Crippen molar-refractivity contribution in [2.45, 2.75) is 45.7 Å². The Labute approximate surface area is 183 Å². The smallest absolute Gasteiger partial charge is 0.260 e. The molecule has 31 heavy (non-hydrogen) atoms. The molecule has 2 atom stereocenters. The quantitative estimate of drug-likeness (QED) is 0.582. The Morgan fingerprint density at radius 2 is 1.74 bits per heavy atom. The van der Waals surface area contributed by atoms with Crippen LogP contribution in [0, 0.1) is 6.92 Å². The van der Waals surface area contributed by atoms with Crippen molar-refractivity contribution in [3.05, 3.63) is 89.7 Å². The maximum absolute atomic E-state index is 13.4. The van der Waals surface area contributed by atoms with Crippen LogP contribution in [0.15, 0.2) is 72.9 Å². The van der Waals surface area contributed by atoms with Gasteiger partial charge >= 0.3 is 0 Å². The lowest BCUT2D eigenvalue weighted by Gasteiger charge is -2.43. The van der Waals surface area contributed by atoms with Gasteiger partial charge in [-0.3, -0.25) is 14.6 Å². The lowest BCUT2D eigenvalue weighted by molar-refractivity contribution is -0.118. The third kappa shape index (κ3) is 3.96. The number of aryl methyl sites for hydroxylation is 1. The number of rotatable bonds is 4. The average Bonchev–Trinajstić information content (AvgIpc) is 2.80. The van der Waals surface area contributed by atoms with E-state index in [1.807, 2.05) is 97.3 Å². The van der Waals surface area contributed by atoms with Gasteiger partial charge < -0.3 is 9.80 Å². The number of benzene rings is 2. The second kappa shape index (κ2) is 8.72. The Bertz CT molecular complexity index is 1080. The van der Waals surface area contributed by atoms with E-state index in [0.717, 1.165) is 22.6 Å². The summed E-state index contributed by atoms with van der Waals surface area (Å²) in [6, 6.07) is 21.1. The van der Waals surface area contributed by atoms with E-state index >= 15 is 0 Å². The number of fused-ring (bicyclic) bond motifs is 1. The van der Waals surface area contributed by atoms with E-state index in [2.05, 4.69) is 4.98 Å². The van der Waals surface area contributed by atoms with Crippen LogP contribution < -0.4 is 9.80 Å². The Kier molecular flexibility index (Phi) is 5.85. The van der Waals surface area contributed by atoms with E-state index in [1.54, 1.807) is 6.20 Å². The zero-order chi connectivity index (χ0) is 22.0. The molecule has 0 radical (unpaired) electrons. The van der Waals surface area contributed by atoms with Crippen LogP contribution in [0.5, 0.6) is 0 Å². The highest BCUT2D eigenvalue weighted by Crippen LogP contribution is 2.42. The molecular weight excluding hydrogens is 386 g/mol. The second-order valence-electron chi connectivity index (χ2n) is 7.98. The van der Waals surface area contributed by atoms with Crippen LogP contribution in [-0.2, 0) is 4.79 Å². The Morgan fingerprint density at radius 1 is 1.03 bits per heavy atom. The largest absolute Gasteiger partial charge is 0.305 e. The number of para-hydroxylation sites is 2. The molecule has 0 aliphatic carbocycles. The lowest BCUT2D eigenvalue weighted by atomic mass is 9.89. The summed E-state index contributed by atoms with van der Waals surface area (Å²) in [4.78, 5) is 34.5. The van der Waals surface area contributed by atoms with Gasteiger partial charge in [0.1, 0.15) is 0 Å². The van der Waals surface area contributed by atoms with Gasteiger partial charge in [-0.05, 0) is 56.2 Å². The fourth-order valence-electron chi connectivity index (χ4n) is 4.33. The zero-order valence-corrected chi connectivity index (χ0v) is 18.2. The molecule has 3 aromatic rings. The number of anilines is 2. The van der Waals surface area contributed by atoms with Crippen LogP contribution in [0.1, 0.15) is 54.3 Å². The first-order chi connectivity index (χ1) is 15.0. The van der Waals surface area contributed by atoms with E-state index in [9.17, 15) is 9.59 Å². The van der Waals surface area contributed by atoms with E-state index < -0.39 is 0 Å². The minimum absolute atomic E-state index is 0.0701. The molecule has 0 N–H and O–H groups in total. The van der Waals surface area contributed by atoms with Gasteiger partial charge in [0.15, 0.2) is 0 Å². The third-order valence-electron chi connectivity index (χ3n) is 5.85. The fraction of sp³-hybridized carbons (Fsp3) is 0.269. The highest BCUT2D eigenvalue weighted by molar-refractivity contribution is 6.07. The van der Waals surface area contributed by atoms with Crippen LogP contribution in [0.2, 0.25) is 0 Å². The van der Waals surface area contributed by atoms with Gasteiger partial charge in [0, 0.05) is 35.7 Å². The van der Waals surface area contributed by atoms with Gasteiger partial charge in [-0.15, -0.1) is 0 Å². The summed E-state index contributed by atoms with van der Waals surface area (Å²) >= 11 is 0. The van der Waals surface area contributed by atoms with Gasteiger partial charge in [0.05, 0.1) is 11.6 Å². The van der Waals surface area contributed by atoms with Crippen LogP contribution in [0.3, 0.4) is 0 Å². The van der Waals surface area contributed by atoms with E-state index in [1.165, 1.54) is 0 Å². The predicted molar refractivity (Wildman–Crippen MR) is 123 cm³/mol. The van der Waals surface area contributed by atoms with Gasteiger partial charge in [-0.25, -0.2) is 0 Å². The SMILES string of the molecule is CCC(=O)N(c1ccccc1)C1CC(C)N(C(=O)c2ccc(C)nc2)c2ccccc21. The monoisotopic (exact) mass is 413 g/mol. The Hall–Kier alpha value is -3.47. The number of hydrogen-bond donors (Lipinski definition) is 0. The van der Waals surface area contributed by atoms with Crippen molar-refractivity contribution in [3.8, 4) is 0 Å². The van der Waals surface area contributed by atoms with Crippen LogP contribution in [-0.4, -0.2) is 22.8 Å². The molecule has 0 fully saturated rings. The van der Waals surface area contributed by atoms with Crippen molar-refractivity contribution in [3.63, 3.8) is 0 Å². The third-order valence-corrected chi connectivity index (χ3v) is 5.85. The standard InChI is InChI=1S/C26H27N3O2/c1-4-25(30)29(21-10-6-5-7-11-21)24-16-19(3)28(23-13-9-8-12-22(23)24)26(31)20-15-14-18(2)27-17-20/h5-15,17,19,24H,4,16H2,1-3H3. The molecule has 5 nitrogen and oxygen atoms in total. The summed E-state index contributed by atoms with van der Waals surface area (Å²) in [5.74, 6) is -0.000284. The van der Waals surface area contributed by atoms with Gasteiger partial charge in [-0.2, -0.15) is 0 Å². The Balaban J connectivity index is 1.78. The van der Waals surface area contributed by atoms with Crippen LogP contribution >= 0.6 is 0 Å². The number of carbonyl (C=O) groups is 2. The zero-order valence-electron chi connectivity index (χ0n) is 18.2. The summed E-state index contributed by atoms with van der Waals surface area (Å²) < 4.78 is 0. The molecule has 0 saturated heterocycles. The molecule has 1 aliphatic rings. The molecule has 4 rings (SSSR count). The molecule has 2 amide bonds. The molecule has 2 aromatic carbocycles. The van der Waals surface area contributed by atoms with E-state index in [-0.39, 0.29) is 23.9 Å². The fourth-order valence-corrected chi connectivity index (χ4v) is 4.33. The molecular formula is C26H27N3O2. The van der Waals surface area contributed by atoms with Gasteiger partial charge in [0.25, 0.3) is 5.91 Å². The molecule has 1 aromatic heterocycles. The Morgan fingerprint density at radius 3 is 2.42 bits per heavy atom. The van der Waals surface area contributed by atoms with Crippen molar-refractivity contribution in [2.75, 3.05) is 9.80 Å². The lowest BCUT2D eigenvalue weighted by Crippen LogP contribution is -2.47. The van der Waals surface area contributed by atoms with Crippen molar-refractivity contribution < 1.29 is 9.59 Å². The number of amides is 2. The highest BCUT2D eigenvalue weighted by atomic mass is 16.2. The molecule has 2 unspecified atom stereocenters. The number of pyridine rings is 1. The topological polar surface area (TPSA) is 53.5 Å². The molecule has 2 heterocycles. The van der Waals surface area contributed by atoms with E-state index in [4.69, 9.17) is 0 Å². The summed E-state index contributed by atoms with van der Waals surface area (Å²) in [5, 5.41) is 0. The summed E-state index contributed by atoms with van der Waals surface area (Å²) in [7, 11) is 0. The van der Waals surface area contributed by atoms with Gasteiger partial charge in [-0.1, -0.05) is 43.3 Å². The summed E-state index contributed by atoms with van der Waals surface area (Å²) in [5.41, 5.74) is 4.15. The van der Waals surface area contributed by atoms with E-state index in [0.29, 0.717) is 18.4 Å². The highest BCUT2D eigenvalue weighted by Gasteiger charge is 2.38. The van der Waals surface area contributed by atoms with Gasteiger partial charge in [0.2, 0.25) is 5.91 Å². The summed E-state index contributed by atoms with van der Waals surface area (Å²) in [6.45, 7) is 5.83. The molecule has 1 aliphatic heterocycles. The van der Waals surface area contributed by atoms with Crippen LogP contribution in [0.4, 0.5) is 11.4 Å². The first kappa shape index (κ1) is 20.8. The maximum Gasteiger partial charge on any atom is 0.260 e. The number of nitrogens with zero attached hydrogens (tertiary/aromatic N) is 3. The average molecular weight is 414 g/mol. The normalized spacial score (nSPS) is 17.7. The number of aromatic nitrogens is 1.